The molecule has 4 heteroatoms. The van der Waals surface area contributed by atoms with Gasteiger partial charge in [0.25, 0.3) is 0 Å². The number of hydrogen-bond donors (Lipinski definition) is 2. The second-order valence-corrected chi connectivity index (χ2v) is 5.24. The van der Waals surface area contributed by atoms with Gasteiger partial charge in [-0.25, -0.2) is 0 Å². The van der Waals surface area contributed by atoms with Crippen molar-refractivity contribution in [3.63, 3.8) is 0 Å². The van der Waals surface area contributed by atoms with Crippen LogP contribution in [0.1, 0.15) is 19.3 Å². The van der Waals surface area contributed by atoms with Crippen LogP contribution in [0.2, 0.25) is 0 Å². The van der Waals surface area contributed by atoms with Crippen LogP contribution in [0, 0.1) is 5.92 Å². The number of likely N-dealkylation sites (tertiary alicyclic amines) is 1. The topological polar surface area (TPSA) is 58.7 Å². The van der Waals surface area contributed by atoms with E-state index < -0.39 is 0 Å². The summed E-state index contributed by atoms with van der Waals surface area (Å²) in [5.74, 6) is 1.57. The zero-order valence-electron chi connectivity index (χ0n) is 11.4. The van der Waals surface area contributed by atoms with Crippen LogP contribution in [-0.2, 0) is 0 Å². The molecule has 1 aromatic rings. The van der Waals surface area contributed by atoms with Gasteiger partial charge in [0.2, 0.25) is 0 Å². The molecule has 1 atom stereocenters. The zero-order valence-corrected chi connectivity index (χ0v) is 11.4. The molecule has 0 aromatic heterocycles. The first-order valence-electron chi connectivity index (χ1n) is 7.09. The molecule has 0 aliphatic carbocycles. The lowest BCUT2D eigenvalue weighted by Crippen LogP contribution is -2.23. The molecule has 0 spiro atoms. The summed E-state index contributed by atoms with van der Waals surface area (Å²) < 4.78 is 5.67. The highest BCUT2D eigenvalue weighted by Crippen LogP contribution is 2.19. The molecule has 2 rings (SSSR count). The molecule has 1 aliphatic rings. The monoisotopic (exact) mass is 264 g/mol. The molecule has 0 amide bonds. The maximum Gasteiger partial charge on any atom is 0.119 e. The number of nitrogens with zero attached hydrogens (tertiary/aromatic N) is 1. The van der Waals surface area contributed by atoms with E-state index in [1.807, 2.05) is 24.3 Å². The number of anilines is 1. The number of benzene rings is 1. The van der Waals surface area contributed by atoms with Gasteiger partial charge in [-0.05, 0) is 56.0 Å². The van der Waals surface area contributed by atoms with Crippen LogP contribution in [0.3, 0.4) is 0 Å². The highest BCUT2D eigenvalue weighted by molar-refractivity contribution is 5.41. The molecular weight excluding hydrogens is 240 g/mol. The van der Waals surface area contributed by atoms with Crippen molar-refractivity contribution in [2.24, 2.45) is 5.92 Å². The van der Waals surface area contributed by atoms with Gasteiger partial charge in [-0.1, -0.05) is 0 Å². The molecule has 106 valence electrons. The summed E-state index contributed by atoms with van der Waals surface area (Å²) >= 11 is 0. The Morgan fingerprint density at radius 1 is 1.32 bits per heavy atom. The van der Waals surface area contributed by atoms with Crippen molar-refractivity contribution in [3.8, 4) is 5.75 Å². The van der Waals surface area contributed by atoms with Gasteiger partial charge >= 0.3 is 0 Å². The average molecular weight is 264 g/mol. The number of hydrogen-bond acceptors (Lipinski definition) is 4. The second-order valence-electron chi connectivity index (χ2n) is 5.24. The van der Waals surface area contributed by atoms with Gasteiger partial charge < -0.3 is 20.5 Å². The first-order chi connectivity index (χ1) is 9.28. The van der Waals surface area contributed by atoms with E-state index in [0.717, 1.165) is 50.5 Å². The minimum atomic E-state index is 0.318. The van der Waals surface area contributed by atoms with Crippen LogP contribution in [0.5, 0.6) is 5.75 Å². The SMILES string of the molecule is Nc1ccc(OCCCN2CCC(CCO)C2)cc1. The zero-order chi connectivity index (χ0) is 13.5. The Hall–Kier alpha value is -1.26. The molecule has 3 N–H and O–H groups in total. The summed E-state index contributed by atoms with van der Waals surface area (Å²) in [6.45, 7) is 4.43. The molecule has 0 saturated carbocycles. The van der Waals surface area contributed by atoms with E-state index in [1.54, 1.807) is 0 Å². The van der Waals surface area contributed by atoms with Crippen molar-refractivity contribution >= 4 is 5.69 Å². The Kier molecular flexibility index (Phi) is 5.48. The van der Waals surface area contributed by atoms with Gasteiger partial charge in [0.05, 0.1) is 6.61 Å². The lowest BCUT2D eigenvalue weighted by molar-refractivity contribution is 0.239. The average Bonchev–Trinajstić information content (AvgIpc) is 2.85. The number of aliphatic hydroxyl groups excluding tert-OH is 1. The Bertz CT molecular complexity index is 367. The maximum atomic E-state index is 8.93. The highest BCUT2D eigenvalue weighted by Gasteiger charge is 2.21. The van der Waals surface area contributed by atoms with Gasteiger partial charge in [-0.2, -0.15) is 0 Å². The molecule has 0 radical (unpaired) electrons. The molecule has 1 aromatic carbocycles. The summed E-state index contributed by atoms with van der Waals surface area (Å²) in [6.07, 6.45) is 3.20. The molecule has 1 aliphatic heterocycles. The number of nitrogens with two attached hydrogens (primary N) is 1. The number of aliphatic hydroxyl groups is 1. The Morgan fingerprint density at radius 3 is 2.84 bits per heavy atom. The minimum Gasteiger partial charge on any atom is -0.494 e. The van der Waals surface area contributed by atoms with Crippen molar-refractivity contribution in [1.29, 1.82) is 0 Å². The lowest BCUT2D eigenvalue weighted by Gasteiger charge is -2.15. The minimum absolute atomic E-state index is 0.318. The Morgan fingerprint density at radius 2 is 2.11 bits per heavy atom. The third kappa shape index (κ3) is 4.73. The molecule has 19 heavy (non-hydrogen) atoms. The first-order valence-corrected chi connectivity index (χ1v) is 7.09. The molecule has 4 nitrogen and oxygen atoms in total. The number of ether oxygens (including phenoxy) is 1. The van der Waals surface area contributed by atoms with Gasteiger partial charge in [0.1, 0.15) is 5.75 Å². The van der Waals surface area contributed by atoms with Crippen molar-refractivity contribution in [2.75, 3.05) is 38.6 Å². The highest BCUT2D eigenvalue weighted by atomic mass is 16.5. The molecule has 1 saturated heterocycles. The van der Waals surface area contributed by atoms with E-state index in [2.05, 4.69) is 4.90 Å². The van der Waals surface area contributed by atoms with Crippen LogP contribution >= 0.6 is 0 Å². The largest absolute Gasteiger partial charge is 0.494 e. The number of nitrogen functional groups attached to an aromatic ring is 1. The summed E-state index contributed by atoms with van der Waals surface area (Å²) in [5, 5.41) is 8.93. The molecular formula is C15H24N2O2. The van der Waals surface area contributed by atoms with Crippen LogP contribution in [-0.4, -0.2) is 42.9 Å². The van der Waals surface area contributed by atoms with E-state index in [1.165, 1.54) is 6.42 Å². The van der Waals surface area contributed by atoms with E-state index in [-0.39, 0.29) is 0 Å². The maximum absolute atomic E-state index is 8.93. The lowest BCUT2D eigenvalue weighted by atomic mass is 10.1. The number of rotatable bonds is 7. The summed E-state index contributed by atoms with van der Waals surface area (Å²) in [6, 6.07) is 7.52. The molecule has 1 fully saturated rings. The van der Waals surface area contributed by atoms with E-state index in [4.69, 9.17) is 15.6 Å². The predicted molar refractivity (Wildman–Crippen MR) is 77.2 cm³/mol. The van der Waals surface area contributed by atoms with Crippen molar-refractivity contribution in [3.05, 3.63) is 24.3 Å². The van der Waals surface area contributed by atoms with Crippen molar-refractivity contribution in [2.45, 2.75) is 19.3 Å². The van der Waals surface area contributed by atoms with Crippen LogP contribution < -0.4 is 10.5 Å². The third-order valence-corrected chi connectivity index (χ3v) is 3.67. The smallest absolute Gasteiger partial charge is 0.119 e. The van der Waals surface area contributed by atoms with E-state index in [0.29, 0.717) is 12.5 Å². The standard InChI is InChI=1S/C15H24N2O2/c16-14-2-4-15(5-3-14)19-11-1-8-17-9-6-13(12-17)7-10-18/h2-5,13,18H,1,6-12,16H2. The van der Waals surface area contributed by atoms with Gasteiger partial charge in [-0.15, -0.1) is 0 Å². The molecule has 1 heterocycles. The normalized spacial score (nSPS) is 19.7. The Labute approximate surface area is 115 Å². The fourth-order valence-electron chi connectivity index (χ4n) is 2.58. The van der Waals surface area contributed by atoms with Gasteiger partial charge in [0.15, 0.2) is 0 Å². The predicted octanol–water partition coefficient (Wildman–Crippen LogP) is 1.74. The second kappa shape index (κ2) is 7.36. The third-order valence-electron chi connectivity index (χ3n) is 3.67. The van der Waals surface area contributed by atoms with E-state index in [9.17, 15) is 0 Å². The van der Waals surface area contributed by atoms with Crippen molar-refractivity contribution in [1.82, 2.24) is 4.90 Å². The van der Waals surface area contributed by atoms with Gasteiger partial charge in [0, 0.05) is 25.4 Å². The first kappa shape index (κ1) is 14.2. The quantitative estimate of drug-likeness (QED) is 0.582. The van der Waals surface area contributed by atoms with Gasteiger partial charge in [-0.3, -0.25) is 0 Å². The van der Waals surface area contributed by atoms with Crippen LogP contribution in [0.25, 0.3) is 0 Å². The fourth-order valence-corrected chi connectivity index (χ4v) is 2.58. The van der Waals surface area contributed by atoms with Crippen LogP contribution in [0.15, 0.2) is 24.3 Å². The fraction of sp³-hybridized carbons (Fsp3) is 0.600. The molecule has 1 unspecified atom stereocenters. The molecule has 0 bridgehead atoms. The van der Waals surface area contributed by atoms with E-state index >= 15 is 0 Å². The summed E-state index contributed by atoms with van der Waals surface area (Å²) in [5.41, 5.74) is 6.39. The summed E-state index contributed by atoms with van der Waals surface area (Å²) in [7, 11) is 0. The Balaban J connectivity index is 1.58. The summed E-state index contributed by atoms with van der Waals surface area (Å²) in [4.78, 5) is 2.46. The van der Waals surface area contributed by atoms with Crippen LogP contribution in [0.4, 0.5) is 5.69 Å². The van der Waals surface area contributed by atoms with Crippen molar-refractivity contribution < 1.29 is 9.84 Å².